The second-order valence-corrected chi connectivity index (χ2v) is 15.6. The highest BCUT2D eigenvalue weighted by Crippen LogP contribution is 2.52. The number of imidazole rings is 1. The quantitative estimate of drug-likeness (QED) is 0.240. The van der Waals surface area contributed by atoms with Crippen molar-refractivity contribution in [3.63, 3.8) is 0 Å². The highest BCUT2D eigenvalue weighted by molar-refractivity contribution is 6.00. The summed E-state index contributed by atoms with van der Waals surface area (Å²) >= 11 is 0. The number of hydrogen-bond donors (Lipinski definition) is 2. The number of imide groups is 1. The number of aryl methyl sites for hydroxylation is 1. The van der Waals surface area contributed by atoms with E-state index < -0.39 is 11.9 Å². The zero-order chi connectivity index (χ0) is 36.7. The Morgan fingerprint density at radius 2 is 1.61 bits per heavy atom. The average molecular weight is 728 g/mol. The van der Waals surface area contributed by atoms with Crippen molar-refractivity contribution >= 4 is 40.1 Å². The Morgan fingerprint density at radius 3 is 2.37 bits per heavy atom. The topological polar surface area (TPSA) is 151 Å². The summed E-state index contributed by atoms with van der Waals surface area (Å²) in [5, 5.41) is 5.37. The lowest BCUT2D eigenvalue weighted by atomic mass is 9.95. The third kappa shape index (κ3) is 5.49. The number of piperidine rings is 1. The smallest absolute Gasteiger partial charge is 0.329 e. The highest BCUT2D eigenvalue weighted by atomic mass is 16.3. The van der Waals surface area contributed by atoms with Gasteiger partial charge in [0.2, 0.25) is 11.8 Å². The Morgan fingerprint density at radius 1 is 0.852 bits per heavy atom. The van der Waals surface area contributed by atoms with Gasteiger partial charge in [-0.15, -0.1) is 0 Å². The second-order valence-electron chi connectivity index (χ2n) is 15.6. The summed E-state index contributed by atoms with van der Waals surface area (Å²) < 4.78 is 9.37. The van der Waals surface area contributed by atoms with Crippen LogP contribution in [0, 0.1) is 5.92 Å². The lowest BCUT2D eigenvalue weighted by molar-refractivity contribution is -0.135. The van der Waals surface area contributed by atoms with E-state index in [0.29, 0.717) is 41.4 Å². The molecule has 2 aromatic carbocycles. The summed E-state index contributed by atoms with van der Waals surface area (Å²) in [4.78, 5) is 66.3. The van der Waals surface area contributed by atoms with E-state index >= 15 is 0 Å². The number of benzene rings is 2. The lowest BCUT2D eigenvalue weighted by Crippen LogP contribution is -2.55. The fraction of sp³-hybridized carbons (Fsp3) is 0.400. The zero-order valence-corrected chi connectivity index (χ0v) is 30.1. The zero-order valence-electron chi connectivity index (χ0n) is 30.1. The molecule has 1 aliphatic carbocycles. The third-order valence-electron chi connectivity index (χ3n) is 12.2. The van der Waals surface area contributed by atoms with Crippen molar-refractivity contribution in [3.05, 3.63) is 82.7 Å². The Hall–Kier alpha value is -5.76. The molecule has 14 heteroatoms. The molecule has 1 atom stereocenters. The van der Waals surface area contributed by atoms with E-state index in [1.807, 2.05) is 30.3 Å². The number of hydrogen-bond acceptors (Lipinski definition) is 10. The van der Waals surface area contributed by atoms with Crippen LogP contribution in [0.3, 0.4) is 0 Å². The maximum atomic E-state index is 13.2. The monoisotopic (exact) mass is 727 g/mol. The van der Waals surface area contributed by atoms with Gasteiger partial charge in [-0.3, -0.25) is 33.7 Å². The molecule has 4 fully saturated rings. The molecule has 3 saturated heterocycles. The number of furan rings is 1. The van der Waals surface area contributed by atoms with Gasteiger partial charge in [0, 0.05) is 94.1 Å². The summed E-state index contributed by atoms with van der Waals surface area (Å²) in [6.45, 7) is 7.52. The summed E-state index contributed by atoms with van der Waals surface area (Å²) in [7, 11) is 1.73. The van der Waals surface area contributed by atoms with Gasteiger partial charge in [-0.2, -0.15) is 0 Å². The number of nitrogens with zero attached hydrogens (tertiary/aromatic N) is 7. The fourth-order valence-corrected chi connectivity index (χ4v) is 8.78. The van der Waals surface area contributed by atoms with Gasteiger partial charge in [0.25, 0.3) is 5.91 Å². The first-order valence-electron chi connectivity index (χ1n) is 18.9. The van der Waals surface area contributed by atoms with Crippen LogP contribution in [-0.2, 0) is 22.1 Å². The van der Waals surface area contributed by atoms with E-state index in [4.69, 9.17) is 4.42 Å². The predicted molar refractivity (Wildman–Crippen MR) is 201 cm³/mol. The molecule has 1 unspecified atom stereocenters. The Labute approximate surface area is 310 Å². The van der Waals surface area contributed by atoms with Crippen molar-refractivity contribution in [2.24, 2.45) is 13.0 Å². The number of piperazine rings is 1. The number of aromatic nitrogens is 4. The number of amides is 3. The van der Waals surface area contributed by atoms with E-state index in [1.54, 1.807) is 17.9 Å². The molecule has 7 heterocycles. The fourth-order valence-electron chi connectivity index (χ4n) is 8.78. The number of anilines is 2. The number of carbonyl (C=O) groups is 3. The number of carbonyl (C=O) groups excluding carboxylic acids is 3. The average Bonchev–Trinajstić information content (AvgIpc) is 3.73. The van der Waals surface area contributed by atoms with Crippen LogP contribution in [0.1, 0.15) is 47.8 Å². The molecule has 276 valence electrons. The maximum absolute atomic E-state index is 13.2. The summed E-state index contributed by atoms with van der Waals surface area (Å²) in [6, 6.07) is 17.6. The first kappa shape index (κ1) is 32.9. The van der Waals surface area contributed by atoms with E-state index in [1.165, 1.54) is 10.3 Å². The molecule has 2 N–H and O–H groups in total. The molecule has 10 rings (SSSR count). The van der Waals surface area contributed by atoms with Gasteiger partial charge in [-0.1, -0.05) is 12.1 Å². The number of nitrogens with one attached hydrogen (secondary N) is 2. The van der Waals surface area contributed by atoms with Crippen molar-refractivity contribution in [1.82, 2.24) is 34.6 Å². The SMILES string of the molecule is Cn1c(=O)n(C2CCC(=O)NC2=O)c2ccc(N3CC(CN4CCN(c5ccc(-c6cc(-c7cc8c(o7)C7(CC7)CNC8=O)ncn6)cc5)CC4)C3)cc21. The standard InChI is InChI=1S/C40H41N9O5/c1-45-33-16-27(6-7-31(33)49(39(45)53)32-8-9-35(50)44-38(32)52)48-20-24(21-48)19-46-12-14-47(15-13-46)26-4-2-25(3-5-26)29-18-30(43-23-42-29)34-17-28-36(54-34)40(10-11-40)22-41-37(28)51/h2-7,16-18,23-24,32H,8-15,19-22H2,1H3,(H,41,51)(H,44,50,52). The summed E-state index contributed by atoms with van der Waals surface area (Å²) in [5.41, 5.74) is 6.56. The van der Waals surface area contributed by atoms with Crippen LogP contribution in [-0.4, -0.2) is 94.1 Å². The van der Waals surface area contributed by atoms with Crippen LogP contribution in [0.2, 0.25) is 0 Å². The molecule has 0 radical (unpaired) electrons. The van der Waals surface area contributed by atoms with Gasteiger partial charge in [0.05, 0.1) is 22.3 Å². The highest BCUT2D eigenvalue weighted by Gasteiger charge is 2.52. The van der Waals surface area contributed by atoms with Crippen molar-refractivity contribution in [2.75, 3.05) is 62.2 Å². The Balaban J connectivity index is 0.739. The first-order valence-corrected chi connectivity index (χ1v) is 18.9. The van der Waals surface area contributed by atoms with Crippen LogP contribution in [0.4, 0.5) is 11.4 Å². The van der Waals surface area contributed by atoms with Crippen LogP contribution < -0.4 is 26.1 Å². The van der Waals surface area contributed by atoms with Gasteiger partial charge in [-0.05, 0) is 61.7 Å². The third-order valence-corrected chi connectivity index (χ3v) is 12.2. The number of fused-ring (bicyclic) bond motifs is 3. The van der Waals surface area contributed by atoms with Gasteiger partial charge in [0.1, 0.15) is 23.8 Å². The molecule has 3 aromatic heterocycles. The molecule has 3 amide bonds. The van der Waals surface area contributed by atoms with E-state index in [2.05, 4.69) is 59.6 Å². The van der Waals surface area contributed by atoms with Crippen LogP contribution >= 0.6 is 0 Å². The van der Waals surface area contributed by atoms with Gasteiger partial charge in [0.15, 0.2) is 5.76 Å². The maximum Gasteiger partial charge on any atom is 0.329 e. The minimum atomic E-state index is -0.682. The number of rotatable bonds is 7. The minimum absolute atomic E-state index is 0.0455. The van der Waals surface area contributed by atoms with Crippen LogP contribution in [0.15, 0.2) is 70.1 Å². The van der Waals surface area contributed by atoms with E-state index in [-0.39, 0.29) is 29.3 Å². The van der Waals surface area contributed by atoms with Crippen molar-refractivity contribution in [1.29, 1.82) is 0 Å². The molecule has 1 spiro atoms. The molecular weight excluding hydrogens is 686 g/mol. The normalized spacial score (nSPS) is 21.3. The summed E-state index contributed by atoms with van der Waals surface area (Å²) in [5.74, 6) is 1.17. The molecule has 14 nitrogen and oxygen atoms in total. The lowest BCUT2D eigenvalue weighted by Gasteiger charge is -2.45. The van der Waals surface area contributed by atoms with E-state index in [9.17, 15) is 19.2 Å². The predicted octanol–water partition coefficient (Wildman–Crippen LogP) is 3.07. The molecular formula is C40H41N9O5. The molecule has 54 heavy (non-hydrogen) atoms. The Bertz CT molecular complexity index is 2390. The molecule has 1 saturated carbocycles. The van der Waals surface area contributed by atoms with Crippen LogP contribution in [0.5, 0.6) is 0 Å². The Kier molecular flexibility index (Phi) is 7.55. The van der Waals surface area contributed by atoms with Gasteiger partial charge < -0.3 is 19.5 Å². The molecule has 0 bridgehead atoms. The second kappa shape index (κ2) is 12.4. The molecule has 5 aromatic rings. The van der Waals surface area contributed by atoms with Crippen LogP contribution in [0.25, 0.3) is 33.7 Å². The van der Waals surface area contributed by atoms with Gasteiger partial charge >= 0.3 is 5.69 Å². The minimum Gasteiger partial charge on any atom is -0.458 e. The molecule has 4 aliphatic heterocycles. The molecule has 5 aliphatic rings. The van der Waals surface area contributed by atoms with Crippen molar-refractivity contribution in [2.45, 2.75) is 37.1 Å². The van der Waals surface area contributed by atoms with E-state index in [0.717, 1.165) is 86.9 Å². The summed E-state index contributed by atoms with van der Waals surface area (Å²) in [6.07, 6.45) is 4.16. The van der Waals surface area contributed by atoms with Crippen molar-refractivity contribution < 1.29 is 18.8 Å². The first-order chi connectivity index (χ1) is 26.2. The van der Waals surface area contributed by atoms with Gasteiger partial charge in [-0.25, -0.2) is 14.8 Å². The van der Waals surface area contributed by atoms with Crippen molar-refractivity contribution in [3.8, 4) is 22.7 Å². The largest absolute Gasteiger partial charge is 0.458 e.